The van der Waals surface area contributed by atoms with E-state index in [-0.39, 0.29) is 18.9 Å². The first-order valence-electron chi connectivity index (χ1n) is 8.54. The van der Waals surface area contributed by atoms with Crippen molar-refractivity contribution >= 4 is 0 Å². The summed E-state index contributed by atoms with van der Waals surface area (Å²) in [5, 5.41) is 0. The van der Waals surface area contributed by atoms with Crippen molar-refractivity contribution in [2.45, 2.75) is 52.0 Å². The maximum absolute atomic E-state index is 4.28. The molecule has 0 saturated carbocycles. The van der Waals surface area contributed by atoms with Crippen molar-refractivity contribution in [2.75, 3.05) is 33.2 Å². The van der Waals surface area contributed by atoms with Gasteiger partial charge in [-0.1, -0.05) is 38.3 Å². The molecule has 0 aromatic carbocycles. The first-order valence-corrected chi connectivity index (χ1v) is 8.54. The summed E-state index contributed by atoms with van der Waals surface area (Å²) < 4.78 is 0. The molecule has 2 unspecified atom stereocenters. The van der Waals surface area contributed by atoms with E-state index >= 15 is 0 Å². The third-order valence-electron chi connectivity index (χ3n) is 4.77. The van der Waals surface area contributed by atoms with Crippen LogP contribution in [0.1, 0.15) is 46.0 Å². The molecule has 0 bridgehead atoms. The molecule has 1 aliphatic rings. The standard InChI is InChI=1S/C19H35N2.Li/c1-7-8-9-17(4)18(5)10-11-19(16(2)3)21-14-12-20(6)13-15-21;/h17,19H,2,4-5,7-15H2,1,3,6H3;/q-1;+1. The molecule has 1 rings (SSSR count). The van der Waals surface area contributed by atoms with E-state index in [1.54, 1.807) is 0 Å². The Morgan fingerprint density at radius 2 is 1.73 bits per heavy atom. The smallest absolute Gasteiger partial charge is 0.336 e. The van der Waals surface area contributed by atoms with Crippen molar-refractivity contribution in [3.05, 3.63) is 31.2 Å². The Balaban J connectivity index is 0.00000441. The molecule has 0 aromatic heterocycles. The minimum Gasteiger partial charge on any atom is -0.336 e. The Kier molecular flexibility index (Phi) is 11.5. The minimum atomic E-state index is 0. The average Bonchev–Trinajstić information content (AvgIpc) is 2.46. The summed E-state index contributed by atoms with van der Waals surface area (Å²) in [5.74, 6) is 0.420. The van der Waals surface area contributed by atoms with E-state index in [9.17, 15) is 0 Å². The van der Waals surface area contributed by atoms with Gasteiger partial charge in [-0.3, -0.25) is 4.90 Å². The molecule has 1 heterocycles. The van der Waals surface area contributed by atoms with Crippen molar-refractivity contribution in [1.82, 2.24) is 9.80 Å². The van der Waals surface area contributed by atoms with Crippen molar-refractivity contribution in [3.63, 3.8) is 0 Å². The zero-order valence-electron chi connectivity index (χ0n) is 15.5. The van der Waals surface area contributed by atoms with Crippen LogP contribution >= 0.6 is 0 Å². The Bertz CT molecular complexity index is 332. The van der Waals surface area contributed by atoms with Crippen LogP contribution in [0.2, 0.25) is 0 Å². The first kappa shape index (κ1) is 22.0. The Morgan fingerprint density at radius 1 is 1.14 bits per heavy atom. The third kappa shape index (κ3) is 7.51. The number of unbranched alkanes of at least 4 members (excludes halogenated alkanes) is 1. The quantitative estimate of drug-likeness (QED) is 0.358. The number of hydrogen-bond acceptors (Lipinski definition) is 2. The van der Waals surface area contributed by atoms with Crippen molar-refractivity contribution < 1.29 is 18.9 Å². The molecule has 0 aliphatic carbocycles. The number of nitrogens with zero attached hydrogens (tertiary/aromatic N) is 2. The van der Waals surface area contributed by atoms with E-state index in [1.807, 2.05) is 0 Å². The average molecular weight is 298 g/mol. The second-order valence-corrected chi connectivity index (χ2v) is 6.74. The van der Waals surface area contributed by atoms with Gasteiger partial charge in [-0.15, -0.1) is 18.1 Å². The second kappa shape index (κ2) is 11.5. The van der Waals surface area contributed by atoms with E-state index in [4.69, 9.17) is 0 Å². The summed E-state index contributed by atoms with van der Waals surface area (Å²) >= 11 is 0. The van der Waals surface area contributed by atoms with Crippen LogP contribution < -0.4 is 18.9 Å². The van der Waals surface area contributed by atoms with Crippen LogP contribution in [-0.2, 0) is 0 Å². The molecule has 1 fully saturated rings. The topological polar surface area (TPSA) is 6.48 Å². The molecular weight excluding hydrogens is 263 g/mol. The Morgan fingerprint density at radius 3 is 2.23 bits per heavy atom. The van der Waals surface area contributed by atoms with E-state index < -0.39 is 0 Å². The zero-order chi connectivity index (χ0) is 15.8. The largest absolute Gasteiger partial charge is 1.00 e. The second-order valence-electron chi connectivity index (χ2n) is 6.74. The molecule has 0 spiro atoms. The van der Waals surface area contributed by atoms with Crippen LogP contribution in [0.4, 0.5) is 0 Å². The molecule has 2 atom stereocenters. The van der Waals surface area contributed by atoms with Crippen molar-refractivity contribution in [2.24, 2.45) is 5.92 Å². The summed E-state index contributed by atoms with van der Waals surface area (Å²) in [6.45, 7) is 21.8. The van der Waals surface area contributed by atoms with Gasteiger partial charge in [0.15, 0.2) is 0 Å². The van der Waals surface area contributed by atoms with Crippen LogP contribution in [0.5, 0.6) is 0 Å². The van der Waals surface area contributed by atoms with Crippen LogP contribution in [0.15, 0.2) is 24.3 Å². The summed E-state index contributed by atoms with van der Waals surface area (Å²) in [6.07, 6.45) is 5.92. The maximum Gasteiger partial charge on any atom is 1.00 e. The van der Waals surface area contributed by atoms with Gasteiger partial charge in [0.25, 0.3) is 0 Å². The normalized spacial score (nSPS) is 19.3. The van der Waals surface area contributed by atoms with Crippen LogP contribution in [-0.4, -0.2) is 49.1 Å². The molecule has 2 nitrogen and oxygen atoms in total. The number of likely N-dealkylation sites (N-methyl/N-ethyl adjacent to an activating group) is 1. The number of rotatable bonds is 9. The Labute approximate surface area is 151 Å². The predicted octanol–water partition coefficient (Wildman–Crippen LogP) is 1.16. The van der Waals surface area contributed by atoms with Gasteiger partial charge >= 0.3 is 18.9 Å². The fraction of sp³-hybridized carbons (Fsp3) is 0.737. The molecule has 1 aliphatic heterocycles. The molecular formula is C19H35LiN2. The molecule has 0 aromatic rings. The van der Waals surface area contributed by atoms with Crippen LogP contribution in [0.3, 0.4) is 0 Å². The van der Waals surface area contributed by atoms with Crippen LogP contribution in [0, 0.1) is 12.8 Å². The SMILES string of the molecule is C=C(CCC(C(=C)C)N1CCN(C)CC1)C([CH2-])CCCC.[Li+]. The molecule has 0 radical (unpaired) electrons. The van der Waals surface area contributed by atoms with Gasteiger partial charge in [-0.25, -0.2) is 0 Å². The summed E-state index contributed by atoms with van der Waals surface area (Å²) in [6, 6.07) is 0.508. The van der Waals surface area contributed by atoms with Gasteiger partial charge in [0.05, 0.1) is 0 Å². The van der Waals surface area contributed by atoms with Gasteiger partial charge in [0, 0.05) is 32.2 Å². The minimum absolute atomic E-state index is 0. The number of allylic oxidation sites excluding steroid dienone is 1. The van der Waals surface area contributed by atoms with E-state index in [0.29, 0.717) is 12.0 Å². The maximum atomic E-state index is 4.28. The van der Waals surface area contributed by atoms with Gasteiger partial charge in [-0.05, 0) is 26.8 Å². The van der Waals surface area contributed by atoms with Crippen molar-refractivity contribution in [1.29, 1.82) is 0 Å². The molecule has 1 saturated heterocycles. The fourth-order valence-corrected chi connectivity index (χ4v) is 3.06. The molecule has 3 heteroatoms. The van der Waals surface area contributed by atoms with E-state index in [1.165, 1.54) is 43.5 Å². The van der Waals surface area contributed by atoms with Gasteiger partial charge < -0.3 is 11.8 Å². The van der Waals surface area contributed by atoms with Gasteiger partial charge in [0.2, 0.25) is 0 Å². The molecule has 22 heavy (non-hydrogen) atoms. The predicted molar refractivity (Wildman–Crippen MR) is 94.4 cm³/mol. The van der Waals surface area contributed by atoms with Gasteiger partial charge in [0.1, 0.15) is 0 Å². The summed E-state index contributed by atoms with van der Waals surface area (Å²) in [5.41, 5.74) is 2.62. The first-order chi connectivity index (χ1) is 9.95. The fourth-order valence-electron chi connectivity index (χ4n) is 3.06. The summed E-state index contributed by atoms with van der Waals surface area (Å²) in [7, 11) is 2.20. The third-order valence-corrected chi connectivity index (χ3v) is 4.77. The molecule has 122 valence electrons. The number of hydrogen-bond donors (Lipinski definition) is 0. The Hall–Kier alpha value is -0.00260. The zero-order valence-corrected chi connectivity index (χ0v) is 15.5. The van der Waals surface area contributed by atoms with E-state index in [2.05, 4.69) is 50.8 Å². The molecule has 0 N–H and O–H groups in total. The molecule has 0 amide bonds. The van der Waals surface area contributed by atoms with E-state index in [0.717, 1.165) is 25.9 Å². The van der Waals surface area contributed by atoms with Crippen LogP contribution in [0.25, 0.3) is 0 Å². The van der Waals surface area contributed by atoms with Gasteiger partial charge in [-0.2, -0.15) is 0 Å². The van der Waals surface area contributed by atoms with Crippen molar-refractivity contribution in [3.8, 4) is 0 Å². The summed E-state index contributed by atoms with van der Waals surface area (Å²) in [4.78, 5) is 5.00. The monoisotopic (exact) mass is 298 g/mol. The number of piperazine rings is 1.